The van der Waals surface area contributed by atoms with Crippen LogP contribution in [0.1, 0.15) is 23.2 Å². The second-order valence-corrected chi connectivity index (χ2v) is 7.91. The fourth-order valence-electron chi connectivity index (χ4n) is 5.09. The molecule has 4 atom stereocenters. The lowest BCUT2D eigenvalue weighted by atomic mass is 9.82. The highest BCUT2D eigenvalue weighted by atomic mass is 16.5. The minimum absolute atomic E-state index is 0.446. The minimum Gasteiger partial charge on any atom is -0.469 e. The molecule has 6 heteroatoms. The predicted molar refractivity (Wildman–Crippen MR) is 118 cm³/mol. The zero-order valence-electron chi connectivity index (χ0n) is 17.8. The molecular weight excluding hydrogens is 406 g/mol. The van der Waals surface area contributed by atoms with Gasteiger partial charge >= 0.3 is 11.9 Å². The maximum atomic E-state index is 13.2. The molecule has 0 saturated carbocycles. The van der Waals surface area contributed by atoms with Crippen molar-refractivity contribution in [1.29, 1.82) is 0 Å². The number of anilines is 1. The van der Waals surface area contributed by atoms with E-state index in [4.69, 9.17) is 14.2 Å². The summed E-state index contributed by atoms with van der Waals surface area (Å²) in [5.41, 5.74) is 2.54. The predicted octanol–water partition coefficient (Wildman–Crippen LogP) is 4.67. The van der Waals surface area contributed by atoms with E-state index >= 15 is 0 Å². The van der Waals surface area contributed by atoms with Gasteiger partial charge < -0.3 is 19.1 Å². The summed E-state index contributed by atoms with van der Waals surface area (Å²) in [6.45, 7) is 0. The van der Waals surface area contributed by atoms with Gasteiger partial charge in [-0.15, -0.1) is 0 Å². The molecule has 2 heterocycles. The van der Waals surface area contributed by atoms with Gasteiger partial charge in [-0.2, -0.15) is 0 Å². The van der Waals surface area contributed by atoms with Crippen molar-refractivity contribution in [1.82, 2.24) is 0 Å². The molecule has 3 aromatic carbocycles. The van der Waals surface area contributed by atoms with Gasteiger partial charge in [0.15, 0.2) is 5.75 Å². The highest BCUT2D eigenvalue weighted by Gasteiger charge is 2.59. The van der Waals surface area contributed by atoms with Crippen LogP contribution >= 0.6 is 0 Å². The normalized spacial score (nSPS) is 23.1. The Kier molecular flexibility index (Phi) is 5.05. The standard InChI is InChI=1S/C26H23NO5/c1-30-25(28)21-22(26(29)31-2)24-17-12-6-8-14-19(17)32-20-15-9-7-13-18(20)27(24)23(21)16-10-4-3-5-11-16/h3-15,21-24H,1-2H3/t21-,22+,23+,24-/m1/s1. The molecule has 162 valence electrons. The van der Waals surface area contributed by atoms with Gasteiger partial charge in [0.1, 0.15) is 5.75 Å². The van der Waals surface area contributed by atoms with Crippen LogP contribution in [-0.4, -0.2) is 26.2 Å². The first kappa shape index (κ1) is 20.1. The van der Waals surface area contributed by atoms with E-state index in [2.05, 4.69) is 4.90 Å². The molecular formula is C26H23NO5. The first-order valence-electron chi connectivity index (χ1n) is 10.5. The number of hydrogen-bond donors (Lipinski definition) is 0. The number of ether oxygens (including phenoxy) is 3. The smallest absolute Gasteiger partial charge is 0.312 e. The average molecular weight is 429 g/mol. The van der Waals surface area contributed by atoms with Gasteiger partial charge in [0.05, 0.1) is 43.8 Å². The average Bonchev–Trinajstić information content (AvgIpc) is 3.12. The Balaban J connectivity index is 1.83. The Morgan fingerprint density at radius 1 is 0.719 bits per heavy atom. The van der Waals surface area contributed by atoms with Crippen LogP contribution in [0, 0.1) is 11.8 Å². The summed E-state index contributed by atoms with van der Waals surface area (Å²) < 4.78 is 16.7. The SMILES string of the molecule is COC(=O)[C@@H]1[C@H](C(=O)OC)[C@H]2c3ccccc3Oc3ccccc3N2[C@H]1c1ccccc1. The molecule has 0 aromatic heterocycles. The van der Waals surface area contributed by atoms with E-state index in [0.29, 0.717) is 11.5 Å². The number of nitrogens with zero attached hydrogens (tertiary/aromatic N) is 1. The Morgan fingerprint density at radius 2 is 1.28 bits per heavy atom. The third kappa shape index (κ3) is 3.02. The van der Waals surface area contributed by atoms with Crippen LogP contribution in [0.25, 0.3) is 0 Å². The minimum atomic E-state index is -0.784. The quantitative estimate of drug-likeness (QED) is 0.564. The summed E-state index contributed by atoms with van der Waals surface area (Å²) in [7, 11) is 2.71. The van der Waals surface area contributed by atoms with Crippen LogP contribution in [0.3, 0.4) is 0 Å². The Labute approximate surface area is 186 Å². The van der Waals surface area contributed by atoms with E-state index in [0.717, 1.165) is 16.8 Å². The highest BCUT2D eigenvalue weighted by Crippen LogP contribution is 2.59. The first-order valence-corrected chi connectivity index (χ1v) is 10.5. The van der Waals surface area contributed by atoms with E-state index in [1.165, 1.54) is 14.2 Å². The van der Waals surface area contributed by atoms with Crippen molar-refractivity contribution in [3.63, 3.8) is 0 Å². The summed E-state index contributed by atoms with van der Waals surface area (Å²) in [5.74, 6) is -1.13. The van der Waals surface area contributed by atoms with Gasteiger partial charge in [-0.25, -0.2) is 0 Å². The van der Waals surface area contributed by atoms with Crippen LogP contribution in [0.5, 0.6) is 11.5 Å². The molecule has 5 rings (SSSR count). The molecule has 6 nitrogen and oxygen atoms in total. The van der Waals surface area contributed by atoms with E-state index in [1.54, 1.807) is 0 Å². The molecule has 32 heavy (non-hydrogen) atoms. The van der Waals surface area contributed by atoms with Gasteiger partial charge in [-0.1, -0.05) is 60.7 Å². The lowest BCUT2D eigenvalue weighted by molar-refractivity contribution is -0.157. The topological polar surface area (TPSA) is 65.1 Å². The third-order valence-corrected chi connectivity index (χ3v) is 6.36. The van der Waals surface area contributed by atoms with Crippen molar-refractivity contribution >= 4 is 17.6 Å². The van der Waals surface area contributed by atoms with E-state index in [9.17, 15) is 9.59 Å². The molecule has 2 aliphatic heterocycles. The molecule has 2 aliphatic rings. The maximum absolute atomic E-state index is 13.2. The van der Waals surface area contributed by atoms with Gasteiger partial charge in [-0.05, 0) is 23.8 Å². The summed E-state index contributed by atoms with van der Waals surface area (Å²) in [4.78, 5) is 28.5. The lowest BCUT2D eigenvalue weighted by Gasteiger charge is -2.33. The number of esters is 2. The number of para-hydroxylation sites is 3. The zero-order valence-corrected chi connectivity index (χ0v) is 17.8. The molecule has 3 aromatic rings. The van der Waals surface area contributed by atoms with Crippen molar-refractivity contribution in [3.8, 4) is 11.5 Å². The van der Waals surface area contributed by atoms with Gasteiger partial charge in [0, 0.05) is 5.56 Å². The highest BCUT2D eigenvalue weighted by molar-refractivity contribution is 5.87. The Bertz CT molecular complexity index is 1160. The van der Waals surface area contributed by atoms with Crippen molar-refractivity contribution in [3.05, 3.63) is 90.0 Å². The number of hydrogen-bond acceptors (Lipinski definition) is 6. The third-order valence-electron chi connectivity index (χ3n) is 6.36. The van der Waals surface area contributed by atoms with Crippen LogP contribution in [0.15, 0.2) is 78.9 Å². The van der Waals surface area contributed by atoms with E-state index in [-0.39, 0.29) is 0 Å². The number of carbonyl (C=O) groups excluding carboxylic acids is 2. The molecule has 0 aliphatic carbocycles. The van der Waals surface area contributed by atoms with E-state index < -0.39 is 35.9 Å². The molecule has 0 bridgehead atoms. The molecule has 0 spiro atoms. The Hall–Kier alpha value is -3.80. The molecule has 0 N–H and O–H groups in total. The van der Waals surface area contributed by atoms with Crippen molar-refractivity contribution in [2.45, 2.75) is 12.1 Å². The molecule has 1 fully saturated rings. The summed E-state index contributed by atoms with van der Waals surface area (Å²) >= 11 is 0. The largest absolute Gasteiger partial charge is 0.469 e. The fraction of sp³-hybridized carbons (Fsp3) is 0.231. The van der Waals surface area contributed by atoms with Crippen molar-refractivity contribution in [2.75, 3.05) is 19.1 Å². The van der Waals surface area contributed by atoms with Gasteiger partial charge in [-0.3, -0.25) is 9.59 Å². The second-order valence-electron chi connectivity index (χ2n) is 7.91. The summed E-state index contributed by atoms with van der Waals surface area (Å²) in [6, 6.07) is 24.1. The van der Waals surface area contributed by atoms with Crippen molar-refractivity contribution < 1.29 is 23.8 Å². The Morgan fingerprint density at radius 3 is 1.97 bits per heavy atom. The molecule has 0 radical (unpaired) electrons. The number of fused-ring (bicyclic) bond motifs is 5. The van der Waals surface area contributed by atoms with Crippen LogP contribution < -0.4 is 9.64 Å². The maximum Gasteiger partial charge on any atom is 0.312 e. The first-order chi connectivity index (χ1) is 15.7. The summed E-state index contributed by atoms with van der Waals surface area (Å²) in [6.07, 6.45) is 0. The lowest BCUT2D eigenvalue weighted by Crippen LogP contribution is -2.32. The van der Waals surface area contributed by atoms with Gasteiger partial charge in [0.25, 0.3) is 0 Å². The molecule has 0 unspecified atom stereocenters. The van der Waals surface area contributed by atoms with Crippen molar-refractivity contribution in [2.24, 2.45) is 11.8 Å². The molecule has 1 saturated heterocycles. The van der Waals surface area contributed by atoms with E-state index in [1.807, 2.05) is 78.9 Å². The van der Waals surface area contributed by atoms with Crippen LogP contribution in [0.4, 0.5) is 5.69 Å². The van der Waals surface area contributed by atoms with Gasteiger partial charge in [0.2, 0.25) is 0 Å². The zero-order chi connectivity index (χ0) is 22.2. The number of benzene rings is 3. The fourth-order valence-corrected chi connectivity index (χ4v) is 5.09. The number of carbonyl (C=O) groups is 2. The van der Waals surface area contributed by atoms with Crippen LogP contribution in [0.2, 0.25) is 0 Å². The number of rotatable bonds is 3. The monoisotopic (exact) mass is 429 g/mol. The van der Waals surface area contributed by atoms with Crippen LogP contribution in [-0.2, 0) is 19.1 Å². The number of methoxy groups -OCH3 is 2. The molecule has 0 amide bonds. The second kappa shape index (κ2) is 8.04. The summed E-state index contributed by atoms with van der Waals surface area (Å²) in [5, 5.41) is 0.